The van der Waals surface area contributed by atoms with Gasteiger partial charge in [0.2, 0.25) is 8.32 Å². The van der Waals surface area contributed by atoms with E-state index in [0.717, 1.165) is 5.75 Å². The molecule has 0 saturated heterocycles. The quantitative estimate of drug-likeness (QED) is 0.439. The maximum atomic E-state index is 6.26. The van der Waals surface area contributed by atoms with Crippen molar-refractivity contribution in [1.29, 1.82) is 0 Å². The van der Waals surface area contributed by atoms with Crippen molar-refractivity contribution in [1.82, 2.24) is 0 Å². The number of halogens is 1. The van der Waals surface area contributed by atoms with E-state index in [0.29, 0.717) is 6.10 Å². The van der Waals surface area contributed by atoms with Crippen LogP contribution in [0.3, 0.4) is 0 Å². The maximum Gasteiger partial charge on any atom is 0.219 e. The number of rotatable bonds is 4. The van der Waals surface area contributed by atoms with E-state index < -0.39 is 8.32 Å². The molecule has 0 aromatic heterocycles. The van der Waals surface area contributed by atoms with Crippen molar-refractivity contribution in [3.63, 3.8) is 0 Å². The van der Waals surface area contributed by atoms with E-state index in [1.165, 1.54) is 33.6 Å². The minimum atomic E-state index is -1.57. The number of fused-ring (bicyclic) bond motifs is 1. The highest BCUT2D eigenvalue weighted by Crippen LogP contribution is 2.33. The highest BCUT2D eigenvalue weighted by Gasteiger charge is 2.39. The predicted octanol–water partition coefficient (Wildman–Crippen LogP) is 5.66. The molecule has 130 valence electrons. The average Bonchev–Trinajstić information content (AvgIpc) is 2.85. The highest BCUT2D eigenvalue weighted by atomic mass is 127. The Bertz CT molecular complexity index is 640. The van der Waals surface area contributed by atoms with Crippen molar-refractivity contribution in [2.24, 2.45) is 0 Å². The van der Waals surface area contributed by atoms with E-state index in [-0.39, 0.29) is 0 Å². The smallest absolute Gasteiger partial charge is 0.219 e. The van der Waals surface area contributed by atoms with Crippen LogP contribution in [0.15, 0.2) is 48.5 Å². The lowest BCUT2D eigenvalue weighted by Crippen LogP contribution is -2.39. The van der Waals surface area contributed by atoms with Crippen LogP contribution in [0.2, 0.25) is 13.1 Å². The van der Waals surface area contributed by atoms with Gasteiger partial charge in [0, 0.05) is 3.57 Å². The van der Waals surface area contributed by atoms with Crippen LogP contribution < -0.4 is 9.92 Å². The van der Waals surface area contributed by atoms with Gasteiger partial charge in [0.05, 0.1) is 13.2 Å². The summed E-state index contributed by atoms with van der Waals surface area (Å²) in [4.78, 5) is 0. The van der Waals surface area contributed by atoms with Gasteiger partial charge in [-0.2, -0.15) is 0 Å². The number of ether oxygens (including phenoxy) is 1. The Hall–Kier alpha value is -0.853. The number of hydrogen-bond donors (Lipinski definition) is 0. The number of benzene rings is 2. The third-order valence-corrected chi connectivity index (χ3v) is 7.61. The largest absolute Gasteiger partial charge is 0.497 e. The third kappa shape index (κ3) is 5.07. The molecule has 1 heterocycles. The van der Waals surface area contributed by atoms with Gasteiger partial charge < -0.3 is 9.16 Å². The maximum absolute atomic E-state index is 6.26. The van der Waals surface area contributed by atoms with Crippen LogP contribution in [-0.2, 0) is 4.43 Å². The van der Waals surface area contributed by atoms with E-state index in [2.05, 4.69) is 66.9 Å². The van der Waals surface area contributed by atoms with E-state index in [4.69, 9.17) is 9.16 Å². The molecule has 0 fully saturated rings. The van der Waals surface area contributed by atoms with Gasteiger partial charge in [-0.3, -0.25) is 0 Å². The standard InChI is InChI=1S/C13H20OSi.C7H7IO/c1-4-5-9-12-11-8-6-7-10-13(11)15(2,3)14-12;1-9-7-4-2-6(8)3-5-7/h6-8,10,12H,4-5,9H2,1-3H3;2-5H,1H3. The predicted molar refractivity (Wildman–Crippen MR) is 113 cm³/mol. The van der Waals surface area contributed by atoms with Gasteiger partial charge >= 0.3 is 0 Å². The molecule has 2 nitrogen and oxygen atoms in total. The molecule has 24 heavy (non-hydrogen) atoms. The molecule has 0 bridgehead atoms. The fourth-order valence-electron chi connectivity index (χ4n) is 2.98. The van der Waals surface area contributed by atoms with Gasteiger partial charge in [-0.1, -0.05) is 44.0 Å². The zero-order chi connectivity index (χ0) is 17.6. The Balaban J connectivity index is 0.000000198. The minimum absolute atomic E-state index is 0.378. The summed E-state index contributed by atoms with van der Waals surface area (Å²) in [5, 5.41) is 1.51. The van der Waals surface area contributed by atoms with Gasteiger partial charge in [0.15, 0.2) is 0 Å². The van der Waals surface area contributed by atoms with Gasteiger partial charge in [0.25, 0.3) is 0 Å². The summed E-state index contributed by atoms with van der Waals surface area (Å²) in [6.07, 6.45) is 4.08. The van der Waals surface area contributed by atoms with Crippen LogP contribution in [0, 0.1) is 3.57 Å². The van der Waals surface area contributed by atoms with Crippen LogP contribution in [0.25, 0.3) is 0 Å². The van der Waals surface area contributed by atoms with Gasteiger partial charge in [-0.25, -0.2) is 0 Å². The summed E-state index contributed by atoms with van der Waals surface area (Å²) < 4.78 is 12.5. The summed E-state index contributed by atoms with van der Waals surface area (Å²) in [6.45, 7) is 6.85. The highest BCUT2D eigenvalue weighted by molar-refractivity contribution is 14.1. The molecule has 0 radical (unpaired) electrons. The van der Waals surface area contributed by atoms with Crippen molar-refractivity contribution < 1.29 is 9.16 Å². The molecular formula is C20H27IO2Si. The Kier molecular flexibility index (Phi) is 7.31. The summed E-state index contributed by atoms with van der Waals surface area (Å²) in [7, 11) is 0.0950. The Morgan fingerprint density at radius 1 is 1.08 bits per heavy atom. The molecule has 1 aliphatic rings. The first kappa shape index (κ1) is 19.5. The van der Waals surface area contributed by atoms with Crippen LogP contribution in [0.1, 0.15) is 37.9 Å². The van der Waals surface area contributed by atoms with E-state index in [1.54, 1.807) is 7.11 Å². The van der Waals surface area contributed by atoms with Gasteiger partial charge in [-0.05, 0) is 77.1 Å². The Morgan fingerprint density at radius 3 is 2.38 bits per heavy atom. The fraction of sp³-hybridized carbons (Fsp3) is 0.400. The lowest BCUT2D eigenvalue weighted by Gasteiger charge is -2.18. The lowest BCUT2D eigenvalue weighted by molar-refractivity contribution is 0.201. The molecule has 0 aliphatic carbocycles. The summed E-state index contributed by atoms with van der Waals surface area (Å²) in [5.74, 6) is 0.912. The molecule has 1 aliphatic heterocycles. The molecule has 4 heteroatoms. The monoisotopic (exact) mass is 454 g/mol. The molecule has 0 amide bonds. The van der Waals surface area contributed by atoms with Crippen molar-refractivity contribution in [3.8, 4) is 5.75 Å². The summed E-state index contributed by atoms with van der Waals surface area (Å²) >= 11 is 2.26. The second kappa shape index (κ2) is 9.01. The summed E-state index contributed by atoms with van der Waals surface area (Å²) in [6, 6.07) is 16.7. The van der Waals surface area contributed by atoms with Crippen molar-refractivity contribution >= 4 is 36.1 Å². The second-order valence-electron chi connectivity index (χ2n) is 6.50. The zero-order valence-electron chi connectivity index (χ0n) is 15.0. The lowest BCUT2D eigenvalue weighted by atomic mass is 10.0. The van der Waals surface area contributed by atoms with Gasteiger partial charge in [-0.15, -0.1) is 0 Å². The first-order valence-corrected chi connectivity index (χ1v) is 12.5. The van der Waals surface area contributed by atoms with E-state index in [1.807, 2.05) is 24.3 Å². The third-order valence-electron chi connectivity index (χ3n) is 4.26. The van der Waals surface area contributed by atoms with E-state index in [9.17, 15) is 0 Å². The molecule has 0 N–H and O–H groups in total. The first-order chi connectivity index (χ1) is 11.5. The molecule has 1 atom stereocenters. The van der Waals surface area contributed by atoms with Crippen LogP contribution in [-0.4, -0.2) is 15.4 Å². The van der Waals surface area contributed by atoms with Crippen molar-refractivity contribution in [2.45, 2.75) is 45.4 Å². The molecule has 0 saturated carbocycles. The number of unbranched alkanes of at least 4 members (excludes halogenated alkanes) is 1. The topological polar surface area (TPSA) is 18.5 Å². The van der Waals surface area contributed by atoms with Crippen LogP contribution >= 0.6 is 22.6 Å². The Labute approximate surface area is 160 Å². The normalized spacial score (nSPS) is 17.6. The zero-order valence-corrected chi connectivity index (χ0v) is 18.2. The van der Waals surface area contributed by atoms with Crippen molar-refractivity contribution in [3.05, 3.63) is 57.7 Å². The fourth-order valence-corrected chi connectivity index (χ4v) is 5.86. The first-order valence-electron chi connectivity index (χ1n) is 8.54. The number of hydrogen-bond acceptors (Lipinski definition) is 2. The molecule has 2 aromatic rings. The molecule has 0 spiro atoms. The molecule has 1 unspecified atom stereocenters. The Morgan fingerprint density at radius 2 is 1.75 bits per heavy atom. The van der Waals surface area contributed by atoms with Crippen LogP contribution in [0.5, 0.6) is 5.75 Å². The SMILES string of the molecule is CCCCC1O[Si](C)(C)c2ccccc21.COc1ccc(I)cc1. The second-order valence-corrected chi connectivity index (χ2v) is 11.5. The molecule has 3 rings (SSSR count). The molecular weight excluding hydrogens is 427 g/mol. The van der Waals surface area contributed by atoms with Crippen LogP contribution in [0.4, 0.5) is 0 Å². The van der Waals surface area contributed by atoms with Crippen molar-refractivity contribution in [2.75, 3.05) is 7.11 Å². The van der Waals surface area contributed by atoms with E-state index >= 15 is 0 Å². The average molecular weight is 454 g/mol. The molecule has 2 aromatic carbocycles. The minimum Gasteiger partial charge on any atom is -0.497 e. The summed E-state index contributed by atoms with van der Waals surface area (Å²) in [5.41, 5.74) is 1.46. The number of methoxy groups -OCH3 is 1. The van der Waals surface area contributed by atoms with Gasteiger partial charge in [0.1, 0.15) is 5.75 Å².